The lowest BCUT2D eigenvalue weighted by atomic mass is 10.1. The third kappa shape index (κ3) is 3.19. The molecule has 0 bridgehead atoms. The van der Waals surface area contributed by atoms with Gasteiger partial charge in [-0.05, 0) is 39.2 Å². The minimum atomic E-state index is 0.418. The molecule has 1 aliphatic carbocycles. The molecule has 1 heterocycles. The van der Waals surface area contributed by atoms with Gasteiger partial charge in [0.2, 0.25) is 0 Å². The average molecular weight is 263 g/mol. The normalized spacial score (nSPS) is 16.4. The Balaban J connectivity index is 2.21. The molecule has 98 valence electrons. The van der Waals surface area contributed by atoms with Crippen LogP contribution in [0.25, 0.3) is 0 Å². The van der Waals surface area contributed by atoms with Gasteiger partial charge in [0.25, 0.3) is 0 Å². The van der Waals surface area contributed by atoms with Crippen molar-refractivity contribution in [2.75, 3.05) is 5.32 Å². The van der Waals surface area contributed by atoms with Gasteiger partial charge < -0.3 is 11.1 Å². The third-order valence-electron chi connectivity index (χ3n) is 3.36. The fraction of sp³-hybridized carbons (Fsp3) is 0.571. The van der Waals surface area contributed by atoms with E-state index in [9.17, 15) is 0 Å². The van der Waals surface area contributed by atoms with E-state index in [2.05, 4.69) is 17.2 Å². The molecule has 1 fully saturated rings. The van der Waals surface area contributed by atoms with Gasteiger partial charge in [-0.15, -0.1) is 0 Å². The fourth-order valence-electron chi connectivity index (χ4n) is 2.43. The molecule has 18 heavy (non-hydrogen) atoms. The van der Waals surface area contributed by atoms with Crippen molar-refractivity contribution in [1.82, 2.24) is 4.98 Å². The monoisotopic (exact) mass is 263 g/mol. The molecule has 0 aromatic carbocycles. The molecule has 0 amide bonds. The topological polar surface area (TPSA) is 50.9 Å². The van der Waals surface area contributed by atoms with Crippen molar-refractivity contribution < 1.29 is 0 Å². The third-order valence-corrected chi connectivity index (χ3v) is 3.56. The lowest BCUT2D eigenvalue weighted by Crippen LogP contribution is -2.21. The molecule has 2 rings (SSSR count). The molecule has 4 heteroatoms. The number of nitrogens with zero attached hydrogens (tertiary/aromatic N) is 1. The molecule has 1 aliphatic rings. The summed E-state index contributed by atoms with van der Waals surface area (Å²) in [5, 5.41) is 3.54. The van der Waals surface area contributed by atoms with Crippen LogP contribution < -0.4 is 11.1 Å². The van der Waals surface area contributed by atoms with Gasteiger partial charge >= 0.3 is 0 Å². The molecule has 1 saturated carbocycles. The highest BCUT2D eigenvalue weighted by Gasteiger charge is 2.24. The van der Waals surface area contributed by atoms with E-state index in [1.165, 1.54) is 19.3 Å². The Morgan fingerprint density at radius 1 is 1.56 bits per heavy atom. The SMILES string of the molecule is Cc1cc(NC(C)CC2CC2)c(C(N)=S)c(C)n1. The van der Waals surface area contributed by atoms with Crippen LogP contribution in [0, 0.1) is 19.8 Å². The molecule has 1 aromatic rings. The van der Waals surface area contributed by atoms with Crippen molar-refractivity contribution in [2.45, 2.75) is 46.1 Å². The first-order chi connectivity index (χ1) is 8.47. The maximum absolute atomic E-state index is 5.81. The first-order valence-corrected chi connectivity index (χ1v) is 6.92. The largest absolute Gasteiger partial charge is 0.389 e. The standard InChI is InChI=1S/C14H21N3S/c1-8(6-11-4-5-11)17-12-7-9(2)16-10(3)13(12)14(15)18/h7-8,11H,4-6H2,1-3H3,(H2,15,18)(H,16,17). The summed E-state index contributed by atoms with van der Waals surface area (Å²) in [5.74, 6) is 0.907. The van der Waals surface area contributed by atoms with Crippen molar-refractivity contribution in [3.05, 3.63) is 23.0 Å². The summed E-state index contributed by atoms with van der Waals surface area (Å²) in [4.78, 5) is 4.85. The van der Waals surface area contributed by atoms with E-state index in [-0.39, 0.29) is 0 Å². The Bertz CT molecular complexity index is 466. The molecule has 1 atom stereocenters. The molecule has 1 unspecified atom stereocenters. The summed E-state index contributed by atoms with van der Waals surface area (Å²) < 4.78 is 0. The minimum absolute atomic E-state index is 0.418. The van der Waals surface area contributed by atoms with Crippen LogP contribution in [0.4, 0.5) is 5.69 Å². The number of nitrogens with one attached hydrogen (secondary N) is 1. The quantitative estimate of drug-likeness (QED) is 0.802. The number of hydrogen-bond acceptors (Lipinski definition) is 3. The van der Waals surface area contributed by atoms with E-state index in [1.807, 2.05) is 19.9 Å². The minimum Gasteiger partial charge on any atom is -0.389 e. The number of rotatable bonds is 5. The van der Waals surface area contributed by atoms with Gasteiger partial charge in [0.15, 0.2) is 0 Å². The number of hydrogen-bond donors (Lipinski definition) is 2. The van der Waals surface area contributed by atoms with Crippen LogP contribution in [-0.4, -0.2) is 16.0 Å². The predicted octanol–water partition coefficient (Wildman–Crippen LogP) is 2.93. The molecule has 0 radical (unpaired) electrons. The Morgan fingerprint density at radius 3 is 2.78 bits per heavy atom. The van der Waals surface area contributed by atoms with Gasteiger partial charge in [0, 0.05) is 23.1 Å². The Morgan fingerprint density at radius 2 is 2.22 bits per heavy atom. The Kier molecular flexibility index (Phi) is 3.85. The molecule has 3 N–H and O–H groups in total. The second-order valence-electron chi connectivity index (χ2n) is 5.36. The van der Waals surface area contributed by atoms with E-state index >= 15 is 0 Å². The number of aryl methyl sites for hydroxylation is 2. The zero-order chi connectivity index (χ0) is 13.3. The van der Waals surface area contributed by atoms with Crippen molar-refractivity contribution in [3.63, 3.8) is 0 Å². The lowest BCUT2D eigenvalue weighted by Gasteiger charge is -2.19. The zero-order valence-electron chi connectivity index (χ0n) is 11.3. The Labute approximate surface area is 114 Å². The van der Waals surface area contributed by atoms with E-state index in [4.69, 9.17) is 18.0 Å². The average Bonchev–Trinajstić information content (AvgIpc) is 2.98. The zero-order valence-corrected chi connectivity index (χ0v) is 12.1. The second kappa shape index (κ2) is 5.22. The lowest BCUT2D eigenvalue weighted by molar-refractivity contribution is 0.642. The molecule has 3 nitrogen and oxygen atoms in total. The van der Waals surface area contributed by atoms with Crippen molar-refractivity contribution >= 4 is 22.9 Å². The number of nitrogens with two attached hydrogens (primary N) is 1. The maximum atomic E-state index is 5.81. The number of thiocarbonyl (C=S) groups is 1. The van der Waals surface area contributed by atoms with Crippen molar-refractivity contribution in [2.24, 2.45) is 11.7 Å². The van der Waals surface area contributed by atoms with Crippen LogP contribution in [0.3, 0.4) is 0 Å². The van der Waals surface area contributed by atoms with E-state index in [0.717, 1.165) is 28.6 Å². The highest BCUT2D eigenvalue weighted by molar-refractivity contribution is 7.80. The first-order valence-electron chi connectivity index (χ1n) is 6.52. The summed E-state index contributed by atoms with van der Waals surface area (Å²) in [6.45, 7) is 6.16. The molecule has 0 aliphatic heterocycles. The predicted molar refractivity (Wildman–Crippen MR) is 80.0 cm³/mol. The second-order valence-corrected chi connectivity index (χ2v) is 5.80. The van der Waals surface area contributed by atoms with Gasteiger partial charge in [-0.3, -0.25) is 4.98 Å². The van der Waals surface area contributed by atoms with Gasteiger partial charge in [0.1, 0.15) is 4.99 Å². The van der Waals surface area contributed by atoms with Gasteiger partial charge in [-0.25, -0.2) is 0 Å². The van der Waals surface area contributed by atoms with E-state index in [0.29, 0.717) is 11.0 Å². The summed E-state index contributed by atoms with van der Waals surface area (Å²) >= 11 is 5.13. The first kappa shape index (κ1) is 13.3. The van der Waals surface area contributed by atoms with Crippen molar-refractivity contribution in [3.8, 4) is 0 Å². The molecule has 1 aromatic heterocycles. The van der Waals surface area contributed by atoms with Crippen LogP contribution in [0.5, 0.6) is 0 Å². The maximum Gasteiger partial charge on any atom is 0.107 e. The van der Waals surface area contributed by atoms with Gasteiger partial charge in [0.05, 0.1) is 5.56 Å². The summed E-state index contributed by atoms with van der Waals surface area (Å²) in [6, 6.07) is 2.48. The highest BCUT2D eigenvalue weighted by atomic mass is 32.1. The molecule has 0 saturated heterocycles. The number of anilines is 1. The summed E-state index contributed by atoms with van der Waals surface area (Å²) in [6.07, 6.45) is 3.97. The van der Waals surface area contributed by atoms with Crippen LogP contribution in [0.2, 0.25) is 0 Å². The highest BCUT2D eigenvalue weighted by Crippen LogP contribution is 2.34. The summed E-state index contributed by atoms with van der Waals surface area (Å²) in [5.41, 5.74) is 9.62. The van der Waals surface area contributed by atoms with Crippen molar-refractivity contribution in [1.29, 1.82) is 0 Å². The van der Waals surface area contributed by atoms with Gasteiger partial charge in [-0.1, -0.05) is 25.1 Å². The Hall–Kier alpha value is -1.16. The van der Waals surface area contributed by atoms with Crippen LogP contribution in [0.1, 0.15) is 43.1 Å². The summed E-state index contributed by atoms with van der Waals surface area (Å²) in [7, 11) is 0. The molecular formula is C14H21N3S. The fourth-order valence-corrected chi connectivity index (χ4v) is 2.69. The number of aromatic nitrogens is 1. The van der Waals surface area contributed by atoms with Crippen LogP contribution in [-0.2, 0) is 0 Å². The van der Waals surface area contributed by atoms with E-state index < -0.39 is 0 Å². The molecule has 0 spiro atoms. The van der Waals surface area contributed by atoms with Crippen LogP contribution in [0.15, 0.2) is 6.07 Å². The number of pyridine rings is 1. The van der Waals surface area contributed by atoms with Crippen LogP contribution >= 0.6 is 12.2 Å². The molecular weight excluding hydrogens is 242 g/mol. The smallest absolute Gasteiger partial charge is 0.107 e. The van der Waals surface area contributed by atoms with Gasteiger partial charge in [-0.2, -0.15) is 0 Å². The van der Waals surface area contributed by atoms with E-state index in [1.54, 1.807) is 0 Å².